The lowest BCUT2D eigenvalue weighted by molar-refractivity contribution is -0.387. The smallest absolute Gasteiger partial charge is 0.339 e. The van der Waals surface area contributed by atoms with Gasteiger partial charge in [-0.05, 0) is 30.2 Å². The number of epoxide rings is 1. The van der Waals surface area contributed by atoms with Gasteiger partial charge < -0.3 is 49.2 Å². The maximum absolute atomic E-state index is 13.6. The highest BCUT2D eigenvalue weighted by molar-refractivity contribution is 6.31. The van der Waals surface area contributed by atoms with E-state index >= 15 is 0 Å². The summed E-state index contributed by atoms with van der Waals surface area (Å²) in [6.45, 7) is 0.753. The average Bonchev–Trinajstić information content (AvgIpc) is 3.52. The molecule has 3 fully saturated rings. The van der Waals surface area contributed by atoms with Crippen molar-refractivity contribution < 1.29 is 58.8 Å². The van der Waals surface area contributed by atoms with Gasteiger partial charge in [0.15, 0.2) is 40.6 Å². The number of ether oxygens (including phenoxy) is 5. The summed E-state index contributed by atoms with van der Waals surface area (Å²) in [7, 11) is 1.15. The van der Waals surface area contributed by atoms with Crippen LogP contribution in [0.1, 0.15) is 42.2 Å². The summed E-state index contributed by atoms with van der Waals surface area (Å²) in [6, 6.07) is 2.74. The molecule has 1 aromatic carbocycles. The molecule has 1 spiro atoms. The minimum absolute atomic E-state index is 0.0480. The van der Waals surface area contributed by atoms with Crippen LogP contribution < -0.4 is 0 Å². The number of carbonyl (C=O) groups excluding carboxylic acids is 2. The molecule has 3 aliphatic carbocycles. The first-order chi connectivity index (χ1) is 17.4. The van der Waals surface area contributed by atoms with E-state index in [-0.39, 0.29) is 33.7 Å². The van der Waals surface area contributed by atoms with Crippen molar-refractivity contribution in [1.29, 1.82) is 0 Å². The molecule has 5 N–H and O–H groups in total. The monoisotopic (exact) mass is 538 g/mol. The standard InChI is InChI=1S/C24H23ClO12/c1-7-15(29)21-18(33-2)19(31)34-6-11(26)8-3-9-14(10(25)4-8)16(30)23-13(28)5-12(27)22(9,23)37-24(32,17(7)35-23)20(21)36-21/h3-4,11-13,16,18,20,26-28,30,32H,5-6H2,1-2H3/t11-,12+,13+,16+,18-,20+,21+,22-,23-,24+/m0/s1. The second-order valence-corrected chi connectivity index (χ2v) is 10.8. The molecule has 0 amide bonds. The Labute approximate surface area is 213 Å². The van der Waals surface area contributed by atoms with Crippen LogP contribution >= 0.6 is 11.6 Å². The number of carbonyl (C=O) groups is 2. The van der Waals surface area contributed by atoms with E-state index in [2.05, 4.69) is 0 Å². The number of aliphatic hydroxyl groups excluding tert-OH is 4. The molecular formula is C24H23ClO12. The predicted molar refractivity (Wildman–Crippen MR) is 117 cm³/mol. The third-order valence-electron chi connectivity index (χ3n) is 8.78. The van der Waals surface area contributed by atoms with Crippen LogP contribution in [0.5, 0.6) is 0 Å². The topological polar surface area (TPSA) is 185 Å². The molecule has 10 atom stereocenters. The van der Waals surface area contributed by atoms with Crippen molar-refractivity contribution in [3.05, 3.63) is 45.2 Å². The predicted octanol–water partition coefficient (Wildman–Crippen LogP) is -1.22. The van der Waals surface area contributed by atoms with Crippen molar-refractivity contribution >= 4 is 23.4 Å². The third kappa shape index (κ3) is 2.32. The zero-order chi connectivity index (χ0) is 26.4. The second kappa shape index (κ2) is 6.89. The molecule has 0 radical (unpaired) electrons. The molecule has 13 heteroatoms. The quantitative estimate of drug-likeness (QED) is 0.212. The third-order valence-corrected chi connectivity index (χ3v) is 9.09. The van der Waals surface area contributed by atoms with Crippen molar-refractivity contribution in [2.75, 3.05) is 13.7 Å². The summed E-state index contributed by atoms with van der Waals surface area (Å²) in [5.41, 5.74) is -6.23. The Balaban J connectivity index is 1.57. The Bertz CT molecular complexity index is 1330. The van der Waals surface area contributed by atoms with Gasteiger partial charge in [0.2, 0.25) is 0 Å². The highest BCUT2D eigenvalue weighted by atomic mass is 35.5. The Morgan fingerprint density at radius 1 is 1.14 bits per heavy atom. The summed E-state index contributed by atoms with van der Waals surface area (Å²) in [5.74, 6) is -4.78. The van der Waals surface area contributed by atoms with E-state index in [4.69, 9.17) is 35.3 Å². The van der Waals surface area contributed by atoms with Crippen LogP contribution in [-0.4, -0.2) is 92.4 Å². The Morgan fingerprint density at radius 2 is 1.86 bits per heavy atom. The van der Waals surface area contributed by atoms with Crippen molar-refractivity contribution in [2.24, 2.45) is 0 Å². The second-order valence-electron chi connectivity index (χ2n) is 10.4. The van der Waals surface area contributed by atoms with Gasteiger partial charge in [-0.25, -0.2) is 4.79 Å². The van der Waals surface area contributed by atoms with Gasteiger partial charge >= 0.3 is 5.97 Å². The van der Waals surface area contributed by atoms with Crippen molar-refractivity contribution in [2.45, 2.75) is 72.6 Å². The zero-order valence-electron chi connectivity index (χ0n) is 19.5. The number of benzene rings is 1. The van der Waals surface area contributed by atoms with Crippen LogP contribution in [0.25, 0.3) is 0 Å². The fraction of sp³-hybridized carbons (Fsp3) is 0.583. The van der Waals surface area contributed by atoms with E-state index in [1.165, 1.54) is 19.1 Å². The summed E-state index contributed by atoms with van der Waals surface area (Å²) >= 11 is 6.54. The molecule has 2 saturated heterocycles. The highest BCUT2D eigenvalue weighted by Crippen LogP contribution is 2.71. The number of halogens is 1. The summed E-state index contributed by atoms with van der Waals surface area (Å²) in [5, 5.41) is 57.0. The Kier molecular flexibility index (Phi) is 4.46. The number of aliphatic hydroxyl groups is 5. The van der Waals surface area contributed by atoms with E-state index in [0.717, 1.165) is 7.11 Å². The first-order valence-corrected chi connectivity index (χ1v) is 12.1. The number of methoxy groups -OCH3 is 1. The number of cyclic esters (lactones) is 1. The summed E-state index contributed by atoms with van der Waals surface area (Å²) in [4.78, 5) is 26.6. The molecule has 3 heterocycles. The van der Waals surface area contributed by atoms with E-state index in [0.29, 0.717) is 0 Å². The first kappa shape index (κ1) is 23.9. The van der Waals surface area contributed by atoms with Crippen molar-refractivity contribution in [3.8, 4) is 0 Å². The lowest BCUT2D eigenvalue weighted by Gasteiger charge is -2.55. The van der Waals surface area contributed by atoms with E-state index in [9.17, 15) is 35.1 Å². The van der Waals surface area contributed by atoms with Gasteiger partial charge in [-0.3, -0.25) is 4.79 Å². The molecule has 5 bridgehead atoms. The first-order valence-electron chi connectivity index (χ1n) is 11.7. The van der Waals surface area contributed by atoms with Gasteiger partial charge in [-0.15, -0.1) is 0 Å². The maximum atomic E-state index is 13.6. The number of hydrogen-bond donors (Lipinski definition) is 5. The van der Waals surface area contributed by atoms with E-state index in [1.807, 2.05) is 0 Å². The summed E-state index contributed by atoms with van der Waals surface area (Å²) < 4.78 is 28.8. The van der Waals surface area contributed by atoms with Gasteiger partial charge in [0, 0.05) is 29.7 Å². The SMILES string of the molecule is CO[C@H]1C(=O)OC[C@H](O)c2cc(Cl)c3c(c2)[C@@]24O[C@]5(O)C(=C(C)C(=O)[C@@]16O[C@H]65)O[C@@]2([C@H](O)C[C@H]4O)[C@@H]3O. The van der Waals surface area contributed by atoms with Crippen LogP contribution in [0, 0.1) is 0 Å². The molecule has 198 valence electrons. The fourth-order valence-corrected chi connectivity index (χ4v) is 7.45. The number of ketones is 1. The van der Waals surface area contributed by atoms with Gasteiger partial charge in [0.1, 0.15) is 24.9 Å². The molecule has 3 aliphatic heterocycles. The van der Waals surface area contributed by atoms with Gasteiger partial charge in [-0.1, -0.05) is 11.6 Å². The number of Topliss-reactive ketones (excluding diaryl/α,β-unsaturated/α-hetero) is 1. The Hall–Kier alpha value is -2.13. The number of hydrogen-bond acceptors (Lipinski definition) is 12. The molecule has 6 aliphatic rings. The highest BCUT2D eigenvalue weighted by Gasteiger charge is 2.88. The molecule has 12 nitrogen and oxygen atoms in total. The van der Waals surface area contributed by atoms with Gasteiger partial charge in [0.25, 0.3) is 5.79 Å². The Morgan fingerprint density at radius 3 is 2.57 bits per heavy atom. The fourth-order valence-electron chi connectivity index (χ4n) is 7.12. The van der Waals surface area contributed by atoms with Crippen LogP contribution in [-0.2, 0) is 38.9 Å². The minimum Gasteiger partial charge on any atom is -0.476 e. The van der Waals surface area contributed by atoms with Crippen LogP contribution in [0.3, 0.4) is 0 Å². The van der Waals surface area contributed by atoms with Crippen LogP contribution in [0.4, 0.5) is 0 Å². The van der Waals surface area contributed by atoms with Crippen molar-refractivity contribution in [1.82, 2.24) is 0 Å². The van der Waals surface area contributed by atoms with Gasteiger partial charge in [-0.2, -0.15) is 0 Å². The van der Waals surface area contributed by atoms with E-state index < -0.39 is 83.3 Å². The molecule has 7 rings (SSSR count). The zero-order valence-corrected chi connectivity index (χ0v) is 20.3. The summed E-state index contributed by atoms with van der Waals surface area (Å²) in [6.07, 6.45) is -9.68. The molecule has 37 heavy (non-hydrogen) atoms. The van der Waals surface area contributed by atoms with Crippen molar-refractivity contribution in [3.63, 3.8) is 0 Å². The normalized spacial score (nSPS) is 49.1. The molecule has 0 aromatic heterocycles. The number of rotatable bonds is 1. The maximum Gasteiger partial charge on any atom is 0.339 e. The van der Waals surface area contributed by atoms with Gasteiger partial charge in [0.05, 0.1) is 6.10 Å². The molecular weight excluding hydrogens is 516 g/mol. The molecule has 0 unspecified atom stereocenters. The largest absolute Gasteiger partial charge is 0.476 e. The minimum atomic E-state index is -2.56. The molecule has 1 aromatic rings. The lowest BCUT2D eigenvalue weighted by Crippen LogP contribution is -2.70. The molecule has 1 saturated carbocycles. The van der Waals surface area contributed by atoms with Crippen LogP contribution in [0.15, 0.2) is 23.5 Å². The number of esters is 1. The average molecular weight is 539 g/mol. The lowest BCUT2D eigenvalue weighted by atomic mass is 9.75. The van der Waals surface area contributed by atoms with Crippen LogP contribution in [0.2, 0.25) is 5.02 Å². The number of fused-ring (bicyclic) bond motifs is 1. The van der Waals surface area contributed by atoms with E-state index in [1.54, 1.807) is 0 Å².